The van der Waals surface area contributed by atoms with Crippen LogP contribution >= 0.6 is 0 Å². The summed E-state index contributed by atoms with van der Waals surface area (Å²) < 4.78 is 5.25. The molecule has 0 aromatic heterocycles. The van der Waals surface area contributed by atoms with Crippen molar-refractivity contribution in [2.45, 2.75) is 39.2 Å². The molecule has 4 heteroatoms. The number of Topliss-reactive ketones (excluding diaryl/α,β-unsaturated/α-hetero) is 1. The van der Waals surface area contributed by atoms with E-state index >= 15 is 0 Å². The summed E-state index contributed by atoms with van der Waals surface area (Å²) in [5.74, 6) is -0.593. The molecular formula is C13H21NO3. The lowest BCUT2D eigenvalue weighted by molar-refractivity contribution is -0.151. The van der Waals surface area contributed by atoms with Crippen LogP contribution in [0.2, 0.25) is 0 Å². The van der Waals surface area contributed by atoms with Crippen LogP contribution < -0.4 is 0 Å². The highest BCUT2D eigenvalue weighted by atomic mass is 16.6. The van der Waals surface area contributed by atoms with Gasteiger partial charge < -0.3 is 9.64 Å². The molecule has 1 fully saturated rings. The zero-order valence-electron chi connectivity index (χ0n) is 11.2. The Morgan fingerprint density at radius 2 is 1.76 bits per heavy atom. The first-order valence-electron chi connectivity index (χ1n) is 5.86. The van der Waals surface area contributed by atoms with Crippen LogP contribution in [0.1, 0.15) is 33.6 Å². The van der Waals surface area contributed by atoms with E-state index < -0.39 is 11.6 Å². The van der Waals surface area contributed by atoms with Gasteiger partial charge in [-0.15, -0.1) is 0 Å². The second-order valence-corrected chi connectivity index (χ2v) is 5.65. The first kappa shape index (κ1) is 13.7. The van der Waals surface area contributed by atoms with E-state index in [1.807, 2.05) is 0 Å². The van der Waals surface area contributed by atoms with E-state index in [9.17, 15) is 9.59 Å². The van der Waals surface area contributed by atoms with Gasteiger partial charge in [-0.2, -0.15) is 0 Å². The summed E-state index contributed by atoms with van der Waals surface area (Å²) in [6.45, 7) is 5.37. The van der Waals surface area contributed by atoms with Gasteiger partial charge >= 0.3 is 5.97 Å². The zero-order chi connectivity index (χ0) is 13.2. The number of rotatable bonds is 4. The summed E-state index contributed by atoms with van der Waals surface area (Å²) in [4.78, 5) is 25.6. The average Bonchev–Trinajstić information content (AvgIpc) is 2.92. The van der Waals surface area contributed by atoms with E-state index in [2.05, 4.69) is 0 Å². The maximum atomic E-state index is 12.0. The van der Waals surface area contributed by atoms with E-state index in [-0.39, 0.29) is 17.3 Å². The Kier molecular flexibility index (Phi) is 3.96. The van der Waals surface area contributed by atoms with Crippen LogP contribution in [-0.4, -0.2) is 36.3 Å². The van der Waals surface area contributed by atoms with Crippen LogP contribution in [-0.2, 0) is 14.3 Å². The first-order valence-corrected chi connectivity index (χ1v) is 5.86. The standard InChI is InChI=1S/C13H21NO3/c1-13(2,3)17-12(16)10(8-14(4)5)11(15)9-6-7-9/h8-9H,6-7H2,1-5H3. The van der Waals surface area contributed by atoms with Gasteiger partial charge in [0.25, 0.3) is 0 Å². The Morgan fingerprint density at radius 1 is 1.24 bits per heavy atom. The molecule has 0 spiro atoms. The molecule has 0 amide bonds. The Bertz CT molecular complexity index is 346. The molecule has 1 rings (SSSR count). The number of carbonyl (C=O) groups is 2. The summed E-state index contributed by atoms with van der Waals surface area (Å²) in [7, 11) is 3.56. The lowest BCUT2D eigenvalue weighted by Gasteiger charge is -2.20. The van der Waals surface area contributed by atoms with Gasteiger partial charge in [-0.3, -0.25) is 4.79 Å². The molecule has 4 nitrogen and oxygen atoms in total. The number of esters is 1. The summed E-state index contributed by atoms with van der Waals surface area (Å²) in [5, 5.41) is 0. The third-order valence-electron chi connectivity index (χ3n) is 2.22. The van der Waals surface area contributed by atoms with Crippen molar-refractivity contribution < 1.29 is 14.3 Å². The third-order valence-corrected chi connectivity index (χ3v) is 2.22. The van der Waals surface area contributed by atoms with Gasteiger partial charge in [0.1, 0.15) is 11.2 Å². The van der Waals surface area contributed by atoms with Crippen molar-refractivity contribution in [3.05, 3.63) is 11.8 Å². The molecule has 0 atom stereocenters. The van der Waals surface area contributed by atoms with Crippen molar-refractivity contribution in [1.29, 1.82) is 0 Å². The minimum Gasteiger partial charge on any atom is -0.456 e. The molecule has 0 unspecified atom stereocenters. The molecule has 96 valence electrons. The Labute approximate surface area is 103 Å². The quantitative estimate of drug-likeness (QED) is 0.324. The summed E-state index contributed by atoms with van der Waals surface area (Å²) in [5.41, 5.74) is -0.417. The molecule has 0 aliphatic heterocycles. The minimum atomic E-state index is -0.577. The maximum absolute atomic E-state index is 12.0. The molecule has 0 aromatic carbocycles. The smallest absolute Gasteiger partial charge is 0.343 e. The molecule has 1 aliphatic rings. The fourth-order valence-electron chi connectivity index (χ4n) is 1.37. The highest BCUT2D eigenvalue weighted by molar-refractivity contribution is 6.18. The molecule has 17 heavy (non-hydrogen) atoms. The second kappa shape index (κ2) is 4.90. The molecule has 0 bridgehead atoms. The molecule has 1 saturated carbocycles. The van der Waals surface area contributed by atoms with Crippen LogP contribution in [0.5, 0.6) is 0 Å². The average molecular weight is 239 g/mol. The number of ketones is 1. The highest BCUT2D eigenvalue weighted by Crippen LogP contribution is 2.33. The highest BCUT2D eigenvalue weighted by Gasteiger charge is 2.36. The summed E-state index contributed by atoms with van der Waals surface area (Å²) in [6.07, 6.45) is 3.31. The Hall–Kier alpha value is -1.32. The van der Waals surface area contributed by atoms with Crippen molar-refractivity contribution in [3.63, 3.8) is 0 Å². The van der Waals surface area contributed by atoms with Crippen molar-refractivity contribution in [2.75, 3.05) is 14.1 Å². The van der Waals surface area contributed by atoms with Gasteiger partial charge in [-0.1, -0.05) is 0 Å². The van der Waals surface area contributed by atoms with Crippen molar-refractivity contribution in [3.8, 4) is 0 Å². The molecule has 0 aromatic rings. The zero-order valence-corrected chi connectivity index (χ0v) is 11.2. The molecule has 0 saturated heterocycles. The maximum Gasteiger partial charge on any atom is 0.343 e. The minimum absolute atomic E-state index is 0.0220. The largest absolute Gasteiger partial charge is 0.456 e. The molecule has 0 heterocycles. The van der Waals surface area contributed by atoms with Crippen molar-refractivity contribution in [2.24, 2.45) is 5.92 Å². The fourth-order valence-corrected chi connectivity index (χ4v) is 1.37. The van der Waals surface area contributed by atoms with Gasteiger partial charge in [0.05, 0.1) is 0 Å². The van der Waals surface area contributed by atoms with Gasteiger partial charge in [0.2, 0.25) is 0 Å². The molecule has 0 N–H and O–H groups in total. The number of carbonyl (C=O) groups excluding carboxylic acids is 2. The van der Waals surface area contributed by atoms with E-state index in [0.717, 1.165) is 12.8 Å². The van der Waals surface area contributed by atoms with Crippen LogP contribution in [0.25, 0.3) is 0 Å². The predicted molar refractivity (Wildman–Crippen MR) is 65.3 cm³/mol. The van der Waals surface area contributed by atoms with Crippen LogP contribution in [0.3, 0.4) is 0 Å². The van der Waals surface area contributed by atoms with Crippen LogP contribution in [0, 0.1) is 5.92 Å². The van der Waals surface area contributed by atoms with E-state index in [1.54, 1.807) is 46.0 Å². The van der Waals surface area contributed by atoms with Gasteiger partial charge in [-0.05, 0) is 33.6 Å². The van der Waals surface area contributed by atoms with Gasteiger partial charge in [0, 0.05) is 26.2 Å². The second-order valence-electron chi connectivity index (χ2n) is 5.65. The molecule has 1 aliphatic carbocycles. The summed E-state index contributed by atoms with van der Waals surface area (Å²) in [6, 6.07) is 0. The SMILES string of the molecule is CN(C)C=C(C(=O)OC(C)(C)C)C(=O)C1CC1. The van der Waals surface area contributed by atoms with Crippen molar-refractivity contribution in [1.82, 2.24) is 4.90 Å². The number of hydrogen-bond donors (Lipinski definition) is 0. The Morgan fingerprint density at radius 3 is 2.12 bits per heavy atom. The van der Waals surface area contributed by atoms with E-state index in [0.29, 0.717) is 0 Å². The van der Waals surface area contributed by atoms with Crippen LogP contribution in [0.15, 0.2) is 11.8 Å². The predicted octanol–water partition coefficient (Wildman–Crippen LogP) is 1.75. The number of nitrogens with zero attached hydrogens (tertiary/aromatic N) is 1. The van der Waals surface area contributed by atoms with Crippen LogP contribution in [0.4, 0.5) is 0 Å². The van der Waals surface area contributed by atoms with E-state index in [4.69, 9.17) is 4.74 Å². The fraction of sp³-hybridized carbons (Fsp3) is 0.692. The lowest BCUT2D eigenvalue weighted by Crippen LogP contribution is -2.28. The number of ether oxygens (including phenoxy) is 1. The first-order chi connectivity index (χ1) is 7.70. The summed E-state index contributed by atoms with van der Waals surface area (Å²) >= 11 is 0. The van der Waals surface area contributed by atoms with Gasteiger partial charge in [-0.25, -0.2) is 4.79 Å². The normalized spacial score (nSPS) is 16.6. The number of hydrogen-bond acceptors (Lipinski definition) is 4. The van der Waals surface area contributed by atoms with Crippen molar-refractivity contribution >= 4 is 11.8 Å². The molecular weight excluding hydrogens is 218 g/mol. The lowest BCUT2D eigenvalue weighted by atomic mass is 10.1. The third kappa shape index (κ3) is 4.59. The monoisotopic (exact) mass is 239 g/mol. The molecule has 0 radical (unpaired) electrons. The van der Waals surface area contributed by atoms with E-state index in [1.165, 1.54) is 0 Å². The van der Waals surface area contributed by atoms with Gasteiger partial charge in [0.15, 0.2) is 5.78 Å². The Balaban J connectivity index is 2.83. The topological polar surface area (TPSA) is 46.6 Å².